The fourth-order valence-corrected chi connectivity index (χ4v) is 2.00. The molecule has 0 bridgehead atoms. The molecule has 0 spiro atoms. The smallest absolute Gasteiger partial charge is 0.124 e. The number of aliphatic hydroxyl groups excluding tert-OH is 1. The van der Waals surface area contributed by atoms with E-state index in [4.69, 9.17) is 9.47 Å². The fourth-order valence-electron chi connectivity index (χ4n) is 2.00. The number of rotatable bonds is 4. The van der Waals surface area contributed by atoms with E-state index in [-0.39, 0.29) is 6.61 Å². The molecule has 0 radical (unpaired) electrons. The summed E-state index contributed by atoms with van der Waals surface area (Å²) in [5, 5.41) is 9.34. The highest BCUT2D eigenvalue weighted by atomic mass is 16.5. The van der Waals surface area contributed by atoms with E-state index in [0.29, 0.717) is 6.61 Å². The topological polar surface area (TPSA) is 41.9 Å². The van der Waals surface area contributed by atoms with E-state index in [2.05, 4.69) is 4.90 Å². The summed E-state index contributed by atoms with van der Waals surface area (Å²) in [4.78, 5) is 2.26. The molecule has 0 amide bonds. The van der Waals surface area contributed by atoms with Crippen molar-refractivity contribution >= 4 is 5.69 Å². The van der Waals surface area contributed by atoms with Crippen molar-refractivity contribution in [3.63, 3.8) is 0 Å². The lowest BCUT2D eigenvalue weighted by Crippen LogP contribution is -2.36. The van der Waals surface area contributed by atoms with Gasteiger partial charge in [0.15, 0.2) is 0 Å². The average Bonchev–Trinajstić information content (AvgIpc) is 2.40. The van der Waals surface area contributed by atoms with E-state index in [1.807, 2.05) is 25.1 Å². The molecule has 1 aliphatic heterocycles. The molecule has 0 aromatic heterocycles. The molecule has 94 valence electrons. The van der Waals surface area contributed by atoms with Crippen molar-refractivity contribution in [1.82, 2.24) is 0 Å². The molecule has 0 unspecified atom stereocenters. The Hall–Kier alpha value is -1.26. The van der Waals surface area contributed by atoms with Crippen LogP contribution in [0.5, 0.6) is 5.75 Å². The highest BCUT2D eigenvalue weighted by Crippen LogP contribution is 2.25. The van der Waals surface area contributed by atoms with Gasteiger partial charge in [0.1, 0.15) is 5.75 Å². The molecule has 1 aromatic rings. The maximum absolute atomic E-state index is 9.34. The minimum absolute atomic E-state index is 0.00745. The summed E-state index contributed by atoms with van der Waals surface area (Å²) in [5.74, 6) is 0.770. The third-order valence-corrected chi connectivity index (χ3v) is 2.89. The lowest BCUT2D eigenvalue weighted by atomic mass is 10.1. The molecule has 0 saturated carbocycles. The van der Waals surface area contributed by atoms with Crippen LogP contribution in [0.1, 0.15) is 12.5 Å². The highest BCUT2D eigenvalue weighted by Gasteiger charge is 2.13. The summed E-state index contributed by atoms with van der Waals surface area (Å²) in [6, 6.07) is 5.96. The largest absolute Gasteiger partial charge is 0.494 e. The zero-order valence-corrected chi connectivity index (χ0v) is 10.2. The van der Waals surface area contributed by atoms with Crippen molar-refractivity contribution in [2.75, 3.05) is 37.8 Å². The molecule has 0 aliphatic carbocycles. The molecular formula is C13H19NO3. The van der Waals surface area contributed by atoms with E-state index in [0.717, 1.165) is 43.3 Å². The first kappa shape index (κ1) is 12.2. The van der Waals surface area contributed by atoms with Crippen molar-refractivity contribution in [2.24, 2.45) is 0 Å². The summed E-state index contributed by atoms with van der Waals surface area (Å²) < 4.78 is 10.8. The Balaban J connectivity index is 2.17. The Morgan fingerprint density at radius 3 is 2.76 bits per heavy atom. The van der Waals surface area contributed by atoms with Crippen molar-refractivity contribution < 1.29 is 14.6 Å². The molecule has 1 aliphatic rings. The number of ether oxygens (including phenoxy) is 2. The van der Waals surface area contributed by atoms with Gasteiger partial charge in [-0.05, 0) is 25.1 Å². The van der Waals surface area contributed by atoms with Crippen molar-refractivity contribution in [3.05, 3.63) is 23.8 Å². The van der Waals surface area contributed by atoms with Crippen LogP contribution in [-0.2, 0) is 11.3 Å². The van der Waals surface area contributed by atoms with E-state index >= 15 is 0 Å². The van der Waals surface area contributed by atoms with Crippen molar-refractivity contribution in [1.29, 1.82) is 0 Å². The number of aliphatic hydroxyl groups is 1. The molecule has 0 atom stereocenters. The number of morpholine rings is 1. The predicted octanol–water partition coefficient (Wildman–Crippen LogP) is 1.41. The number of benzene rings is 1. The maximum atomic E-state index is 9.34. The number of nitrogens with zero attached hydrogens (tertiary/aromatic N) is 1. The zero-order chi connectivity index (χ0) is 12.1. The Bertz CT molecular complexity index is 362. The third kappa shape index (κ3) is 2.90. The van der Waals surface area contributed by atoms with Gasteiger partial charge in [-0.2, -0.15) is 0 Å². The van der Waals surface area contributed by atoms with E-state index in [9.17, 15) is 5.11 Å². The molecule has 1 N–H and O–H groups in total. The fraction of sp³-hybridized carbons (Fsp3) is 0.538. The first-order valence-electron chi connectivity index (χ1n) is 6.04. The Kier molecular flexibility index (Phi) is 4.23. The van der Waals surface area contributed by atoms with Crippen LogP contribution in [0.2, 0.25) is 0 Å². The highest BCUT2D eigenvalue weighted by molar-refractivity contribution is 5.53. The number of hydrogen-bond acceptors (Lipinski definition) is 4. The number of anilines is 1. The third-order valence-electron chi connectivity index (χ3n) is 2.89. The summed E-state index contributed by atoms with van der Waals surface area (Å²) in [7, 11) is 0. The molecule has 1 saturated heterocycles. The average molecular weight is 237 g/mol. The molecule has 4 nitrogen and oxygen atoms in total. The SMILES string of the molecule is CCOc1ccc(N2CCOCC2)cc1CO. The summed E-state index contributed by atoms with van der Waals surface area (Å²) in [5.41, 5.74) is 1.97. The van der Waals surface area contributed by atoms with Crippen molar-refractivity contribution in [2.45, 2.75) is 13.5 Å². The maximum Gasteiger partial charge on any atom is 0.124 e. The van der Waals surface area contributed by atoms with E-state index in [1.165, 1.54) is 0 Å². The second-order valence-electron chi connectivity index (χ2n) is 3.98. The van der Waals surface area contributed by atoms with Gasteiger partial charge in [-0.25, -0.2) is 0 Å². The Labute approximate surface area is 102 Å². The lowest BCUT2D eigenvalue weighted by Gasteiger charge is -2.29. The molecule has 17 heavy (non-hydrogen) atoms. The van der Waals surface area contributed by atoms with Gasteiger partial charge in [-0.3, -0.25) is 0 Å². The van der Waals surface area contributed by atoms with Gasteiger partial charge in [0.2, 0.25) is 0 Å². The number of hydrogen-bond donors (Lipinski definition) is 1. The first-order chi connectivity index (χ1) is 8.35. The molecule has 4 heteroatoms. The van der Waals surface area contributed by atoms with Gasteiger partial charge in [-0.15, -0.1) is 0 Å². The summed E-state index contributed by atoms with van der Waals surface area (Å²) >= 11 is 0. The van der Waals surface area contributed by atoms with Gasteiger partial charge in [0, 0.05) is 24.3 Å². The second kappa shape index (κ2) is 5.89. The quantitative estimate of drug-likeness (QED) is 0.860. The molecule has 2 rings (SSSR count). The second-order valence-corrected chi connectivity index (χ2v) is 3.98. The van der Waals surface area contributed by atoms with Crippen LogP contribution in [0.15, 0.2) is 18.2 Å². The van der Waals surface area contributed by atoms with Gasteiger partial charge in [0.05, 0.1) is 26.4 Å². The van der Waals surface area contributed by atoms with Gasteiger partial charge < -0.3 is 19.5 Å². The van der Waals surface area contributed by atoms with Crippen LogP contribution >= 0.6 is 0 Å². The van der Waals surface area contributed by atoms with Crippen LogP contribution in [-0.4, -0.2) is 38.0 Å². The Morgan fingerprint density at radius 2 is 2.12 bits per heavy atom. The van der Waals surface area contributed by atoms with E-state index < -0.39 is 0 Å². The van der Waals surface area contributed by atoms with Crippen LogP contribution in [0.4, 0.5) is 5.69 Å². The lowest BCUT2D eigenvalue weighted by molar-refractivity contribution is 0.122. The minimum atomic E-state index is 0.00745. The predicted molar refractivity (Wildman–Crippen MR) is 66.6 cm³/mol. The molecular weight excluding hydrogens is 218 g/mol. The Morgan fingerprint density at radius 1 is 1.35 bits per heavy atom. The van der Waals surface area contributed by atoms with Crippen molar-refractivity contribution in [3.8, 4) is 5.75 Å². The van der Waals surface area contributed by atoms with Crippen LogP contribution in [0.25, 0.3) is 0 Å². The van der Waals surface area contributed by atoms with Crippen LogP contribution < -0.4 is 9.64 Å². The summed E-state index contributed by atoms with van der Waals surface area (Å²) in [6.07, 6.45) is 0. The first-order valence-corrected chi connectivity index (χ1v) is 6.04. The molecule has 1 aromatic carbocycles. The zero-order valence-electron chi connectivity index (χ0n) is 10.2. The normalized spacial score (nSPS) is 16.0. The summed E-state index contributed by atoms with van der Waals surface area (Å²) in [6.45, 7) is 5.90. The van der Waals surface area contributed by atoms with Crippen LogP contribution in [0.3, 0.4) is 0 Å². The monoisotopic (exact) mass is 237 g/mol. The van der Waals surface area contributed by atoms with Gasteiger partial charge >= 0.3 is 0 Å². The van der Waals surface area contributed by atoms with Gasteiger partial charge in [0.25, 0.3) is 0 Å². The molecule has 1 heterocycles. The molecule has 1 fully saturated rings. The standard InChI is InChI=1S/C13H19NO3/c1-2-17-13-4-3-12(9-11(13)10-15)14-5-7-16-8-6-14/h3-4,9,15H,2,5-8,10H2,1H3. The van der Waals surface area contributed by atoms with Gasteiger partial charge in [-0.1, -0.05) is 0 Å². The minimum Gasteiger partial charge on any atom is -0.494 e. The van der Waals surface area contributed by atoms with E-state index in [1.54, 1.807) is 0 Å². The van der Waals surface area contributed by atoms with Crippen LogP contribution in [0, 0.1) is 0 Å².